The standard InChI is InChI=1S/C11H16ClNO3S2/c1-4-7(2)5-13-10(14)9-6-17-11(8(9)3)18(12,15)16/h6-7H,4-5H2,1-3H3,(H,13,14). The maximum Gasteiger partial charge on any atom is 0.271 e. The molecule has 4 nitrogen and oxygen atoms in total. The van der Waals surface area contributed by atoms with E-state index in [4.69, 9.17) is 10.7 Å². The Morgan fingerprint density at radius 2 is 2.17 bits per heavy atom. The molecule has 0 saturated heterocycles. The van der Waals surface area contributed by atoms with Gasteiger partial charge in [-0.2, -0.15) is 0 Å². The van der Waals surface area contributed by atoms with Gasteiger partial charge in [-0.1, -0.05) is 20.3 Å². The number of thiophene rings is 1. The summed E-state index contributed by atoms with van der Waals surface area (Å²) < 4.78 is 22.5. The monoisotopic (exact) mass is 309 g/mol. The van der Waals surface area contributed by atoms with Crippen LogP contribution in [0.15, 0.2) is 9.59 Å². The van der Waals surface area contributed by atoms with E-state index in [1.807, 2.05) is 13.8 Å². The van der Waals surface area contributed by atoms with E-state index < -0.39 is 9.05 Å². The zero-order chi connectivity index (χ0) is 13.9. The Morgan fingerprint density at radius 1 is 1.56 bits per heavy atom. The van der Waals surface area contributed by atoms with Crippen molar-refractivity contribution in [3.05, 3.63) is 16.5 Å². The van der Waals surface area contributed by atoms with Gasteiger partial charge in [0.1, 0.15) is 4.21 Å². The fourth-order valence-electron chi connectivity index (χ4n) is 1.37. The van der Waals surface area contributed by atoms with Crippen LogP contribution in [-0.4, -0.2) is 20.9 Å². The molecular formula is C11H16ClNO3S2. The van der Waals surface area contributed by atoms with Crippen molar-refractivity contribution in [2.75, 3.05) is 6.54 Å². The molecule has 1 atom stereocenters. The van der Waals surface area contributed by atoms with Crippen molar-refractivity contribution < 1.29 is 13.2 Å². The van der Waals surface area contributed by atoms with Crippen LogP contribution in [0, 0.1) is 12.8 Å². The summed E-state index contributed by atoms with van der Waals surface area (Å²) in [5.41, 5.74) is 0.791. The predicted octanol–water partition coefficient (Wildman–Crippen LogP) is 2.76. The quantitative estimate of drug-likeness (QED) is 0.851. The normalized spacial score (nSPS) is 13.3. The summed E-state index contributed by atoms with van der Waals surface area (Å²) in [6.45, 7) is 6.25. The van der Waals surface area contributed by atoms with Crippen molar-refractivity contribution in [2.24, 2.45) is 5.92 Å². The Labute approximate surface area is 116 Å². The molecule has 18 heavy (non-hydrogen) atoms. The molecule has 102 valence electrons. The van der Waals surface area contributed by atoms with Crippen molar-refractivity contribution in [2.45, 2.75) is 31.4 Å². The molecule has 0 aromatic carbocycles. The first kappa shape index (κ1) is 15.5. The fraction of sp³-hybridized carbons (Fsp3) is 0.545. The molecule has 1 rings (SSSR count). The van der Waals surface area contributed by atoms with Crippen LogP contribution >= 0.6 is 22.0 Å². The number of rotatable bonds is 5. The summed E-state index contributed by atoms with van der Waals surface area (Å²) in [6.07, 6.45) is 0.976. The highest BCUT2D eigenvalue weighted by Gasteiger charge is 2.21. The Kier molecular flexibility index (Phi) is 5.19. The third-order valence-corrected chi connectivity index (χ3v) is 6.08. The van der Waals surface area contributed by atoms with Crippen LogP contribution in [0.5, 0.6) is 0 Å². The Hall–Kier alpha value is -0.590. The van der Waals surface area contributed by atoms with E-state index in [1.165, 1.54) is 5.38 Å². The van der Waals surface area contributed by atoms with Crippen LogP contribution in [0.25, 0.3) is 0 Å². The second-order valence-corrected chi connectivity index (χ2v) is 7.86. The number of hydrogen-bond donors (Lipinski definition) is 1. The third-order valence-electron chi connectivity index (χ3n) is 2.77. The van der Waals surface area contributed by atoms with Gasteiger partial charge in [-0.05, 0) is 18.4 Å². The lowest BCUT2D eigenvalue weighted by molar-refractivity contribution is 0.0947. The van der Waals surface area contributed by atoms with Gasteiger partial charge in [0.25, 0.3) is 15.0 Å². The van der Waals surface area contributed by atoms with Gasteiger partial charge in [-0.15, -0.1) is 11.3 Å². The molecule has 1 unspecified atom stereocenters. The summed E-state index contributed by atoms with van der Waals surface area (Å²) in [7, 11) is 1.51. The van der Waals surface area contributed by atoms with Crippen molar-refractivity contribution in [1.29, 1.82) is 0 Å². The summed E-state index contributed by atoms with van der Waals surface area (Å²) in [6, 6.07) is 0. The molecule has 1 aromatic rings. The first-order valence-corrected chi connectivity index (χ1v) is 8.77. The van der Waals surface area contributed by atoms with E-state index in [1.54, 1.807) is 6.92 Å². The summed E-state index contributed by atoms with van der Waals surface area (Å²) >= 11 is 0.971. The lowest BCUT2D eigenvalue weighted by Crippen LogP contribution is -2.28. The minimum absolute atomic E-state index is 0.0397. The molecule has 0 aliphatic carbocycles. The first-order valence-electron chi connectivity index (χ1n) is 5.58. The summed E-state index contributed by atoms with van der Waals surface area (Å²) in [4.78, 5) is 11.9. The van der Waals surface area contributed by atoms with Gasteiger partial charge in [0.2, 0.25) is 0 Å². The number of hydrogen-bond acceptors (Lipinski definition) is 4. The predicted molar refractivity (Wildman–Crippen MR) is 73.9 cm³/mol. The van der Waals surface area contributed by atoms with Gasteiger partial charge in [0, 0.05) is 22.6 Å². The molecule has 1 aromatic heterocycles. The third kappa shape index (κ3) is 3.70. The van der Waals surface area contributed by atoms with Gasteiger partial charge < -0.3 is 5.32 Å². The van der Waals surface area contributed by atoms with E-state index in [-0.39, 0.29) is 10.1 Å². The topological polar surface area (TPSA) is 63.2 Å². The number of carbonyl (C=O) groups excluding carboxylic acids is 1. The molecule has 1 heterocycles. The van der Waals surface area contributed by atoms with Gasteiger partial charge in [0.15, 0.2) is 0 Å². The molecule has 0 aliphatic heterocycles. The van der Waals surface area contributed by atoms with E-state index in [0.717, 1.165) is 17.8 Å². The van der Waals surface area contributed by atoms with E-state index in [9.17, 15) is 13.2 Å². The Bertz CT molecular complexity index is 536. The molecule has 0 radical (unpaired) electrons. The molecule has 0 spiro atoms. The number of carbonyl (C=O) groups is 1. The molecule has 0 saturated carbocycles. The van der Waals surface area contributed by atoms with E-state index in [2.05, 4.69) is 5.32 Å². The highest BCUT2D eigenvalue weighted by atomic mass is 35.7. The number of halogens is 1. The summed E-state index contributed by atoms with van der Waals surface area (Å²) in [5, 5.41) is 4.31. The number of nitrogens with one attached hydrogen (secondary N) is 1. The van der Waals surface area contributed by atoms with Crippen molar-refractivity contribution in [1.82, 2.24) is 5.32 Å². The minimum atomic E-state index is -3.77. The van der Waals surface area contributed by atoms with Gasteiger partial charge in [-0.25, -0.2) is 8.42 Å². The van der Waals surface area contributed by atoms with Crippen LogP contribution in [0.1, 0.15) is 36.2 Å². The smallest absolute Gasteiger partial charge is 0.271 e. The average Bonchev–Trinajstić information content (AvgIpc) is 2.67. The van der Waals surface area contributed by atoms with Crippen molar-refractivity contribution >= 4 is 37.0 Å². The van der Waals surface area contributed by atoms with Crippen molar-refractivity contribution in [3.8, 4) is 0 Å². The van der Waals surface area contributed by atoms with E-state index in [0.29, 0.717) is 23.6 Å². The second-order valence-electron chi connectivity index (χ2n) is 4.22. The summed E-state index contributed by atoms with van der Waals surface area (Å²) in [5.74, 6) is 0.139. The zero-order valence-electron chi connectivity index (χ0n) is 10.5. The van der Waals surface area contributed by atoms with Gasteiger partial charge in [0.05, 0.1) is 5.56 Å². The Morgan fingerprint density at radius 3 is 2.61 bits per heavy atom. The highest BCUT2D eigenvalue weighted by Crippen LogP contribution is 2.29. The first-order chi connectivity index (χ1) is 8.27. The lowest BCUT2D eigenvalue weighted by atomic mass is 10.1. The molecule has 0 fully saturated rings. The van der Waals surface area contributed by atoms with Crippen LogP contribution in [-0.2, 0) is 9.05 Å². The van der Waals surface area contributed by atoms with Crippen molar-refractivity contribution in [3.63, 3.8) is 0 Å². The molecule has 1 amide bonds. The molecular weight excluding hydrogens is 294 g/mol. The van der Waals surface area contributed by atoms with Gasteiger partial charge in [-0.3, -0.25) is 4.79 Å². The van der Waals surface area contributed by atoms with Gasteiger partial charge >= 0.3 is 0 Å². The lowest BCUT2D eigenvalue weighted by Gasteiger charge is -2.09. The fourth-order valence-corrected chi connectivity index (χ4v) is 3.92. The largest absolute Gasteiger partial charge is 0.352 e. The molecule has 0 bridgehead atoms. The van der Waals surface area contributed by atoms with E-state index >= 15 is 0 Å². The van der Waals surface area contributed by atoms with Crippen LogP contribution < -0.4 is 5.32 Å². The van der Waals surface area contributed by atoms with Crippen LogP contribution in [0.3, 0.4) is 0 Å². The minimum Gasteiger partial charge on any atom is -0.352 e. The maximum atomic E-state index is 11.9. The highest BCUT2D eigenvalue weighted by molar-refractivity contribution is 8.15. The average molecular weight is 310 g/mol. The number of amides is 1. The Balaban J connectivity index is 2.86. The van der Waals surface area contributed by atoms with Crippen LogP contribution in [0.2, 0.25) is 0 Å². The zero-order valence-corrected chi connectivity index (χ0v) is 12.9. The molecule has 1 N–H and O–H groups in total. The van der Waals surface area contributed by atoms with Crippen LogP contribution in [0.4, 0.5) is 0 Å². The molecule has 0 aliphatic rings. The maximum absolute atomic E-state index is 11.9. The second kappa shape index (κ2) is 6.04. The SMILES string of the molecule is CCC(C)CNC(=O)c1csc(S(=O)(=O)Cl)c1C. The molecule has 7 heteroatoms.